The molecule has 0 aliphatic rings. The van der Waals surface area contributed by atoms with Crippen LogP contribution >= 0.6 is 11.3 Å². The van der Waals surface area contributed by atoms with Crippen molar-refractivity contribution in [1.82, 2.24) is 5.32 Å². The third kappa shape index (κ3) is 3.02. The molecule has 1 heterocycles. The fourth-order valence-electron chi connectivity index (χ4n) is 2.27. The second kappa shape index (κ2) is 5.67. The Balaban J connectivity index is 2.14. The van der Waals surface area contributed by atoms with Gasteiger partial charge in [0.05, 0.1) is 10.9 Å². The first-order valence-corrected chi connectivity index (χ1v) is 7.44. The van der Waals surface area contributed by atoms with Gasteiger partial charge in [-0.1, -0.05) is 23.8 Å². The second-order valence-corrected chi connectivity index (χ2v) is 6.43. The number of carbonyl (C=O) groups is 1. The number of anilines is 1. The third-order valence-electron chi connectivity index (χ3n) is 3.42. The van der Waals surface area contributed by atoms with Crippen LogP contribution < -0.4 is 11.1 Å². The van der Waals surface area contributed by atoms with Crippen LogP contribution in [0.5, 0.6) is 0 Å². The van der Waals surface area contributed by atoms with Crippen molar-refractivity contribution in [1.29, 1.82) is 0 Å². The number of benzene rings is 1. The number of aryl methyl sites for hydroxylation is 3. The molecule has 1 amide bonds. The summed E-state index contributed by atoms with van der Waals surface area (Å²) in [5.74, 6) is -0.0673. The van der Waals surface area contributed by atoms with E-state index in [-0.39, 0.29) is 11.9 Å². The van der Waals surface area contributed by atoms with Crippen LogP contribution in [0.4, 0.5) is 5.69 Å². The number of nitrogens with one attached hydrogen (secondary N) is 1. The average molecular weight is 288 g/mol. The lowest BCUT2D eigenvalue weighted by atomic mass is 10.0. The van der Waals surface area contributed by atoms with Crippen molar-refractivity contribution in [2.45, 2.75) is 33.7 Å². The first-order chi connectivity index (χ1) is 9.38. The van der Waals surface area contributed by atoms with E-state index in [0.29, 0.717) is 10.6 Å². The standard InChI is InChI=1S/C16H20N2OS/c1-9-5-6-13(10(2)7-9)11(3)18-16(19)15-8-14(17)12(4)20-15/h5-8,11H,17H2,1-4H3,(H,18,19). The summed E-state index contributed by atoms with van der Waals surface area (Å²) in [6.07, 6.45) is 0. The van der Waals surface area contributed by atoms with E-state index in [4.69, 9.17) is 5.73 Å². The molecule has 1 aromatic carbocycles. The minimum Gasteiger partial charge on any atom is -0.398 e. The Morgan fingerprint density at radius 3 is 2.50 bits per heavy atom. The number of amides is 1. The Morgan fingerprint density at radius 1 is 1.25 bits per heavy atom. The summed E-state index contributed by atoms with van der Waals surface area (Å²) >= 11 is 1.43. The maximum atomic E-state index is 12.2. The van der Waals surface area contributed by atoms with Crippen molar-refractivity contribution in [3.8, 4) is 0 Å². The van der Waals surface area contributed by atoms with Crippen LogP contribution in [0, 0.1) is 20.8 Å². The van der Waals surface area contributed by atoms with Gasteiger partial charge in [0.1, 0.15) is 0 Å². The van der Waals surface area contributed by atoms with Crippen LogP contribution in [0.15, 0.2) is 24.3 Å². The lowest BCUT2D eigenvalue weighted by molar-refractivity contribution is 0.0944. The molecular weight excluding hydrogens is 268 g/mol. The number of thiophene rings is 1. The number of carbonyl (C=O) groups excluding carboxylic acids is 1. The van der Waals surface area contributed by atoms with E-state index < -0.39 is 0 Å². The van der Waals surface area contributed by atoms with E-state index in [1.165, 1.54) is 22.5 Å². The van der Waals surface area contributed by atoms with Crippen molar-refractivity contribution in [3.63, 3.8) is 0 Å². The number of rotatable bonds is 3. The molecule has 4 heteroatoms. The Morgan fingerprint density at radius 2 is 1.95 bits per heavy atom. The average Bonchev–Trinajstić information content (AvgIpc) is 2.69. The van der Waals surface area contributed by atoms with Crippen LogP contribution in [-0.2, 0) is 0 Å². The molecule has 0 saturated carbocycles. The van der Waals surface area contributed by atoms with Crippen LogP contribution in [-0.4, -0.2) is 5.91 Å². The molecule has 0 fully saturated rings. The summed E-state index contributed by atoms with van der Waals surface area (Å²) in [7, 11) is 0. The summed E-state index contributed by atoms with van der Waals surface area (Å²) in [6.45, 7) is 8.05. The lowest BCUT2D eigenvalue weighted by Gasteiger charge is -2.16. The van der Waals surface area contributed by atoms with Gasteiger partial charge in [-0.3, -0.25) is 4.79 Å². The van der Waals surface area contributed by atoms with Gasteiger partial charge in [0.25, 0.3) is 5.91 Å². The molecule has 0 saturated heterocycles. The minimum atomic E-state index is -0.0673. The molecular formula is C16H20N2OS. The van der Waals surface area contributed by atoms with Gasteiger partial charge in [-0.05, 0) is 44.9 Å². The third-order valence-corrected chi connectivity index (χ3v) is 4.48. The molecule has 20 heavy (non-hydrogen) atoms. The fourth-order valence-corrected chi connectivity index (χ4v) is 3.11. The highest BCUT2D eigenvalue weighted by Crippen LogP contribution is 2.25. The molecule has 0 aliphatic carbocycles. The maximum absolute atomic E-state index is 12.2. The maximum Gasteiger partial charge on any atom is 0.261 e. The minimum absolute atomic E-state index is 0.0215. The molecule has 0 bridgehead atoms. The molecule has 0 radical (unpaired) electrons. The quantitative estimate of drug-likeness (QED) is 0.903. The SMILES string of the molecule is Cc1ccc(C(C)NC(=O)c2cc(N)c(C)s2)c(C)c1. The molecule has 2 rings (SSSR count). The highest BCUT2D eigenvalue weighted by atomic mass is 32.1. The van der Waals surface area contributed by atoms with E-state index in [9.17, 15) is 4.79 Å². The Labute approximate surface area is 123 Å². The molecule has 0 spiro atoms. The highest BCUT2D eigenvalue weighted by molar-refractivity contribution is 7.14. The van der Waals surface area contributed by atoms with Gasteiger partial charge in [-0.2, -0.15) is 0 Å². The molecule has 3 nitrogen and oxygen atoms in total. The molecule has 1 atom stereocenters. The van der Waals surface area contributed by atoms with Crippen LogP contribution in [0.25, 0.3) is 0 Å². The summed E-state index contributed by atoms with van der Waals surface area (Å²) in [6, 6.07) is 7.99. The van der Waals surface area contributed by atoms with Crippen molar-refractivity contribution >= 4 is 22.9 Å². The van der Waals surface area contributed by atoms with E-state index in [1.54, 1.807) is 6.07 Å². The van der Waals surface area contributed by atoms with E-state index in [2.05, 4.69) is 37.4 Å². The second-order valence-electron chi connectivity index (χ2n) is 5.18. The summed E-state index contributed by atoms with van der Waals surface area (Å²) < 4.78 is 0. The molecule has 106 valence electrons. The molecule has 0 aliphatic heterocycles. The monoisotopic (exact) mass is 288 g/mol. The predicted octanol–water partition coefficient (Wildman–Crippen LogP) is 3.75. The summed E-state index contributed by atoms with van der Waals surface area (Å²) in [4.78, 5) is 13.9. The van der Waals surface area contributed by atoms with E-state index in [0.717, 1.165) is 10.4 Å². The molecule has 1 unspecified atom stereocenters. The van der Waals surface area contributed by atoms with Crippen molar-refractivity contribution in [2.24, 2.45) is 0 Å². The van der Waals surface area contributed by atoms with Crippen LogP contribution in [0.1, 0.15) is 44.2 Å². The fraction of sp³-hybridized carbons (Fsp3) is 0.312. The van der Waals surface area contributed by atoms with Gasteiger partial charge in [0.2, 0.25) is 0 Å². The summed E-state index contributed by atoms with van der Waals surface area (Å²) in [5, 5.41) is 3.03. The zero-order chi connectivity index (χ0) is 14.9. The Bertz CT molecular complexity index is 626. The Hall–Kier alpha value is -1.81. The predicted molar refractivity (Wildman–Crippen MR) is 85.3 cm³/mol. The van der Waals surface area contributed by atoms with Crippen molar-refractivity contribution in [3.05, 3.63) is 50.7 Å². The van der Waals surface area contributed by atoms with Gasteiger partial charge >= 0.3 is 0 Å². The largest absolute Gasteiger partial charge is 0.398 e. The topological polar surface area (TPSA) is 55.1 Å². The van der Waals surface area contributed by atoms with Crippen LogP contribution in [0.2, 0.25) is 0 Å². The van der Waals surface area contributed by atoms with Gasteiger partial charge in [-0.25, -0.2) is 0 Å². The first kappa shape index (κ1) is 14.6. The number of nitrogens with two attached hydrogens (primary N) is 1. The normalized spacial score (nSPS) is 12.2. The number of nitrogen functional groups attached to an aromatic ring is 1. The van der Waals surface area contributed by atoms with Crippen molar-refractivity contribution < 1.29 is 4.79 Å². The van der Waals surface area contributed by atoms with Crippen molar-refractivity contribution in [2.75, 3.05) is 5.73 Å². The van der Waals surface area contributed by atoms with E-state index >= 15 is 0 Å². The number of hydrogen-bond donors (Lipinski definition) is 2. The number of hydrogen-bond acceptors (Lipinski definition) is 3. The van der Waals surface area contributed by atoms with Gasteiger partial charge in [-0.15, -0.1) is 11.3 Å². The smallest absolute Gasteiger partial charge is 0.261 e. The highest BCUT2D eigenvalue weighted by Gasteiger charge is 2.15. The van der Waals surface area contributed by atoms with E-state index in [1.807, 2.05) is 13.8 Å². The molecule has 2 aromatic rings. The molecule has 3 N–H and O–H groups in total. The van der Waals surface area contributed by atoms with Gasteiger partial charge < -0.3 is 11.1 Å². The lowest BCUT2D eigenvalue weighted by Crippen LogP contribution is -2.26. The summed E-state index contributed by atoms with van der Waals surface area (Å²) in [5.41, 5.74) is 10.0. The van der Waals surface area contributed by atoms with Gasteiger partial charge in [0, 0.05) is 10.6 Å². The zero-order valence-corrected chi connectivity index (χ0v) is 13.1. The first-order valence-electron chi connectivity index (χ1n) is 6.62. The molecule has 1 aromatic heterocycles. The van der Waals surface area contributed by atoms with Gasteiger partial charge in [0.15, 0.2) is 0 Å². The van der Waals surface area contributed by atoms with Crippen LogP contribution in [0.3, 0.4) is 0 Å². The zero-order valence-electron chi connectivity index (χ0n) is 12.3. The Kier molecular flexibility index (Phi) is 4.14.